The van der Waals surface area contributed by atoms with Crippen LogP contribution in [0.15, 0.2) is 65.7 Å². The molecule has 0 saturated carbocycles. The highest BCUT2D eigenvalue weighted by molar-refractivity contribution is 6.46. The maximum atomic E-state index is 9.57. The van der Waals surface area contributed by atoms with Crippen LogP contribution in [0.3, 0.4) is 0 Å². The maximum Gasteiger partial charge on any atom is 0.115 e. The van der Waals surface area contributed by atoms with Crippen LogP contribution in [0.25, 0.3) is 22.4 Å². The van der Waals surface area contributed by atoms with Crippen LogP contribution in [-0.2, 0) is 0 Å². The van der Waals surface area contributed by atoms with Gasteiger partial charge in [-0.1, -0.05) is 58.6 Å². The van der Waals surface area contributed by atoms with Crippen LogP contribution in [0.2, 0.25) is 15.1 Å². The summed E-state index contributed by atoms with van der Waals surface area (Å²) in [6, 6.07) is 13.8. The summed E-state index contributed by atoms with van der Waals surface area (Å²) in [6.07, 6.45) is 5.69. The average Bonchev–Trinajstić information content (AvgIpc) is 2.76. The highest BCUT2D eigenvalue weighted by Crippen LogP contribution is 2.42. The summed E-state index contributed by atoms with van der Waals surface area (Å²) in [7, 11) is 0. The van der Waals surface area contributed by atoms with Crippen LogP contribution < -0.4 is 0 Å². The fourth-order valence-electron chi connectivity index (χ4n) is 2.79. The van der Waals surface area contributed by atoms with Gasteiger partial charge < -0.3 is 5.11 Å². The molecule has 2 aromatic carbocycles. The fraction of sp³-hybridized carbons (Fsp3) is 0.120. The lowest BCUT2D eigenvalue weighted by atomic mass is 9.97. The van der Waals surface area contributed by atoms with Gasteiger partial charge >= 0.3 is 0 Å². The summed E-state index contributed by atoms with van der Waals surface area (Å²) in [4.78, 5) is 4.49. The maximum absolute atomic E-state index is 9.57. The number of aromatic nitrogens is 1. The summed E-state index contributed by atoms with van der Waals surface area (Å²) in [6.45, 7) is 5.55. The first-order chi connectivity index (χ1) is 15.2. The Balaban J connectivity index is 0.000000451. The Morgan fingerprint density at radius 1 is 1.06 bits per heavy atom. The molecule has 1 heterocycles. The van der Waals surface area contributed by atoms with E-state index >= 15 is 0 Å². The highest BCUT2D eigenvalue weighted by Gasteiger charge is 2.19. The summed E-state index contributed by atoms with van der Waals surface area (Å²) in [5.74, 6) is 0.162. The van der Waals surface area contributed by atoms with E-state index in [-0.39, 0.29) is 10.8 Å². The lowest BCUT2D eigenvalue weighted by molar-refractivity contribution is 0.475. The molecule has 0 fully saturated rings. The number of hydrogen-bond donors (Lipinski definition) is 1. The minimum Gasteiger partial charge on any atom is -0.508 e. The van der Waals surface area contributed by atoms with Crippen LogP contribution in [0.1, 0.15) is 25.1 Å². The van der Waals surface area contributed by atoms with Crippen molar-refractivity contribution in [3.05, 3.63) is 92.1 Å². The van der Waals surface area contributed by atoms with Crippen molar-refractivity contribution in [2.75, 3.05) is 0 Å². The topological polar surface area (TPSA) is 56.9 Å². The lowest BCUT2D eigenvalue weighted by Gasteiger charge is -2.14. The molecular weight excluding hydrogens is 486 g/mol. The third kappa shape index (κ3) is 6.51. The Hall–Kier alpha value is -2.48. The van der Waals surface area contributed by atoms with Crippen LogP contribution in [0.5, 0.6) is 5.75 Å². The molecule has 1 N–H and O–H groups in total. The monoisotopic (exact) mass is 504 g/mol. The molecule has 0 unspecified atom stereocenters. The van der Waals surface area contributed by atoms with Crippen LogP contribution in [0.4, 0.5) is 0 Å². The van der Waals surface area contributed by atoms with Gasteiger partial charge in [-0.25, -0.2) is 0 Å². The van der Waals surface area contributed by atoms with Gasteiger partial charge in [-0.2, -0.15) is 5.26 Å². The van der Waals surface area contributed by atoms with Crippen LogP contribution in [0, 0.1) is 18.3 Å². The summed E-state index contributed by atoms with van der Waals surface area (Å²) in [5, 5.41) is 20.9. The van der Waals surface area contributed by atoms with E-state index in [0.29, 0.717) is 38.1 Å². The molecule has 0 radical (unpaired) electrons. The molecule has 3 nitrogen and oxygen atoms in total. The summed E-state index contributed by atoms with van der Waals surface area (Å²) < 4.78 is 0. The van der Waals surface area contributed by atoms with Gasteiger partial charge in [-0.3, -0.25) is 4.98 Å². The third-order valence-electron chi connectivity index (χ3n) is 4.31. The van der Waals surface area contributed by atoms with Crippen molar-refractivity contribution in [2.45, 2.75) is 20.8 Å². The molecule has 1 aromatic heterocycles. The number of phenolic OH excluding ortho intramolecular Hbond substituents is 1. The summed E-state index contributed by atoms with van der Waals surface area (Å²) in [5.41, 5.74) is 3.43. The average molecular weight is 506 g/mol. The molecule has 3 rings (SSSR count). The van der Waals surface area contributed by atoms with E-state index in [2.05, 4.69) is 11.1 Å². The Morgan fingerprint density at radius 2 is 1.69 bits per heavy atom. The first-order valence-electron chi connectivity index (χ1n) is 9.49. The number of allylic oxidation sites excluding steroid dienone is 4. The van der Waals surface area contributed by atoms with Gasteiger partial charge in [0.15, 0.2) is 0 Å². The number of phenols is 1. The Labute approximate surface area is 208 Å². The van der Waals surface area contributed by atoms with Crippen molar-refractivity contribution in [1.82, 2.24) is 4.98 Å². The Kier molecular flexibility index (Phi) is 9.62. The molecule has 3 aromatic rings. The molecule has 0 saturated heterocycles. The van der Waals surface area contributed by atoms with Gasteiger partial charge in [0.25, 0.3) is 0 Å². The van der Waals surface area contributed by atoms with Crippen molar-refractivity contribution in [3.63, 3.8) is 0 Å². The Morgan fingerprint density at radius 3 is 2.22 bits per heavy atom. The zero-order valence-electron chi connectivity index (χ0n) is 17.6. The van der Waals surface area contributed by atoms with Crippen molar-refractivity contribution >= 4 is 46.4 Å². The van der Waals surface area contributed by atoms with Gasteiger partial charge in [0, 0.05) is 21.7 Å². The van der Waals surface area contributed by atoms with Crippen molar-refractivity contribution < 1.29 is 5.11 Å². The van der Waals surface area contributed by atoms with Crippen molar-refractivity contribution in [1.29, 1.82) is 5.26 Å². The SMILES string of the molecule is C/C=C\C=C(/C)Cl.Cc1nc(-c2ccc(O)cc2)cc(-c2c(Cl)ccc(Cl)c2Cl)c1C#N. The standard InChI is InChI=1S/C19H11Cl3N2O.C6H9Cl/c1-10-14(9-23)13(18-15(20)6-7-16(21)19(18)22)8-17(24-10)11-2-4-12(25)5-3-11;1-3-4-5-6(2)7/h2-8,25H,1H3;3-5H,1-2H3/b;4-3-,6-5+. The van der Waals surface area contributed by atoms with Crippen LogP contribution in [-0.4, -0.2) is 10.1 Å². The number of hydrogen-bond acceptors (Lipinski definition) is 3. The second-order valence-corrected chi connectivity index (χ2v) is 8.46. The second kappa shape index (κ2) is 11.9. The summed E-state index contributed by atoms with van der Waals surface area (Å²) >= 11 is 24.3. The number of nitriles is 1. The minimum absolute atomic E-state index is 0.162. The van der Waals surface area contributed by atoms with E-state index < -0.39 is 0 Å². The van der Waals surface area contributed by atoms with E-state index in [9.17, 15) is 10.4 Å². The van der Waals surface area contributed by atoms with Crippen molar-refractivity contribution in [3.8, 4) is 34.2 Å². The molecule has 0 aliphatic carbocycles. The van der Waals surface area contributed by atoms with E-state index in [1.165, 1.54) is 0 Å². The number of pyridine rings is 1. The molecule has 7 heteroatoms. The molecule has 0 aliphatic rings. The van der Waals surface area contributed by atoms with Gasteiger partial charge in [0.05, 0.1) is 32.0 Å². The van der Waals surface area contributed by atoms with E-state index in [0.717, 1.165) is 10.6 Å². The predicted octanol–water partition coefficient (Wildman–Crippen LogP) is 8.97. The van der Waals surface area contributed by atoms with Gasteiger partial charge in [-0.05, 0) is 69.3 Å². The van der Waals surface area contributed by atoms with Gasteiger partial charge in [0.2, 0.25) is 0 Å². The van der Waals surface area contributed by atoms with Gasteiger partial charge in [-0.15, -0.1) is 0 Å². The normalized spacial score (nSPS) is 11.1. The highest BCUT2D eigenvalue weighted by atomic mass is 35.5. The number of aromatic hydroxyl groups is 1. The largest absolute Gasteiger partial charge is 0.508 e. The zero-order valence-corrected chi connectivity index (χ0v) is 20.7. The molecule has 32 heavy (non-hydrogen) atoms. The number of nitrogens with zero attached hydrogens (tertiary/aromatic N) is 2. The fourth-order valence-corrected chi connectivity index (χ4v) is 3.60. The third-order valence-corrected chi connectivity index (χ3v) is 5.55. The van der Waals surface area contributed by atoms with E-state index in [4.69, 9.17) is 46.4 Å². The number of halogens is 4. The lowest BCUT2D eigenvalue weighted by Crippen LogP contribution is -1.97. The predicted molar refractivity (Wildman–Crippen MR) is 136 cm³/mol. The smallest absolute Gasteiger partial charge is 0.115 e. The number of aryl methyl sites for hydroxylation is 1. The molecule has 0 amide bonds. The minimum atomic E-state index is 0.162. The molecule has 0 atom stereocenters. The first kappa shape index (κ1) is 25.8. The van der Waals surface area contributed by atoms with Crippen LogP contribution >= 0.6 is 46.4 Å². The molecule has 0 bridgehead atoms. The zero-order chi connectivity index (χ0) is 23.8. The van der Waals surface area contributed by atoms with E-state index in [1.807, 2.05) is 32.1 Å². The number of benzene rings is 2. The quantitative estimate of drug-likeness (QED) is 0.285. The molecule has 164 valence electrons. The molecule has 0 aliphatic heterocycles. The van der Waals surface area contributed by atoms with Crippen molar-refractivity contribution in [2.24, 2.45) is 0 Å². The number of rotatable bonds is 3. The second-order valence-electron chi connectivity index (χ2n) is 6.67. The Bertz CT molecular complexity index is 1210. The van der Waals surface area contributed by atoms with Gasteiger partial charge in [0.1, 0.15) is 11.8 Å². The first-order valence-corrected chi connectivity index (χ1v) is 11.0. The molecule has 0 spiro atoms. The van der Waals surface area contributed by atoms with E-state index in [1.54, 1.807) is 49.4 Å². The molecular formula is C25H20Cl4N2O.